The van der Waals surface area contributed by atoms with Gasteiger partial charge in [-0.25, -0.2) is 8.42 Å². The van der Waals surface area contributed by atoms with E-state index in [1.54, 1.807) is 0 Å². The van der Waals surface area contributed by atoms with Crippen molar-refractivity contribution in [1.82, 2.24) is 9.62 Å². The van der Waals surface area contributed by atoms with Crippen LogP contribution in [-0.2, 0) is 10.0 Å². The predicted octanol–water partition coefficient (Wildman–Crippen LogP) is 2.32. The van der Waals surface area contributed by atoms with E-state index in [-0.39, 0.29) is 17.3 Å². The summed E-state index contributed by atoms with van der Waals surface area (Å²) in [5, 5.41) is 2.75. The number of rotatable bonds is 5. The van der Waals surface area contributed by atoms with Gasteiger partial charge in [-0.15, -0.1) is 0 Å². The third-order valence-electron chi connectivity index (χ3n) is 4.77. The molecule has 1 fully saturated rings. The molecule has 152 valence electrons. The highest BCUT2D eigenvalue weighted by atomic mass is 32.2. The SMILES string of the molecule is CN(C)c1ccccc1C#CCNC(=O)c1ccc(S(=O)(=O)N2CCCC2)cc1. The molecule has 2 aromatic rings. The molecule has 0 spiro atoms. The Labute approximate surface area is 172 Å². The summed E-state index contributed by atoms with van der Waals surface area (Å²) in [6.45, 7) is 1.31. The van der Waals surface area contributed by atoms with E-state index < -0.39 is 10.0 Å². The second-order valence-corrected chi connectivity index (χ2v) is 8.97. The summed E-state index contributed by atoms with van der Waals surface area (Å²) in [6, 6.07) is 13.8. The van der Waals surface area contributed by atoms with Crippen LogP contribution in [0.3, 0.4) is 0 Å². The molecule has 1 N–H and O–H groups in total. The number of benzene rings is 2. The first kappa shape index (κ1) is 20.9. The van der Waals surface area contributed by atoms with E-state index in [4.69, 9.17) is 0 Å². The first-order valence-corrected chi connectivity index (χ1v) is 11.0. The van der Waals surface area contributed by atoms with E-state index in [1.165, 1.54) is 28.6 Å². The summed E-state index contributed by atoms with van der Waals surface area (Å²) in [6.07, 6.45) is 1.78. The van der Waals surface area contributed by atoms with E-state index in [2.05, 4.69) is 17.2 Å². The van der Waals surface area contributed by atoms with E-state index in [0.717, 1.165) is 24.1 Å². The van der Waals surface area contributed by atoms with Crippen LogP contribution < -0.4 is 10.2 Å². The number of nitrogens with one attached hydrogen (secondary N) is 1. The number of amides is 1. The van der Waals surface area contributed by atoms with Gasteiger partial charge in [0, 0.05) is 38.3 Å². The lowest BCUT2D eigenvalue weighted by Gasteiger charge is -2.15. The van der Waals surface area contributed by atoms with Crippen molar-refractivity contribution in [3.05, 3.63) is 59.7 Å². The molecule has 0 bridgehead atoms. The molecule has 0 aromatic heterocycles. The number of carbonyl (C=O) groups excluding carboxylic acids is 1. The van der Waals surface area contributed by atoms with Crippen molar-refractivity contribution >= 4 is 21.6 Å². The molecular weight excluding hydrogens is 386 g/mol. The number of carbonyl (C=O) groups is 1. The molecule has 1 amide bonds. The van der Waals surface area contributed by atoms with Crippen molar-refractivity contribution in [2.45, 2.75) is 17.7 Å². The highest BCUT2D eigenvalue weighted by molar-refractivity contribution is 7.89. The first-order valence-electron chi connectivity index (χ1n) is 9.53. The third kappa shape index (κ3) is 4.97. The quantitative estimate of drug-likeness (QED) is 0.767. The minimum Gasteiger partial charge on any atom is -0.377 e. The van der Waals surface area contributed by atoms with Gasteiger partial charge in [-0.05, 0) is 49.2 Å². The zero-order valence-corrected chi connectivity index (χ0v) is 17.5. The van der Waals surface area contributed by atoms with Crippen LogP contribution in [0, 0.1) is 11.8 Å². The monoisotopic (exact) mass is 411 g/mol. The van der Waals surface area contributed by atoms with Gasteiger partial charge in [0.25, 0.3) is 5.91 Å². The van der Waals surface area contributed by atoms with Crippen LogP contribution in [0.2, 0.25) is 0 Å². The number of sulfonamides is 1. The number of hydrogen-bond acceptors (Lipinski definition) is 4. The fourth-order valence-corrected chi connectivity index (χ4v) is 4.71. The number of nitrogens with zero attached hydrogens (tertiary/aromatic N) is 2. The molecule has 1 aliphatic heterocycles. The van der Waals surface area contributed by atoms with Crippen LogP contribution in [0.15, 0.2) is 53.4 Å². The number of hydrogen-bond donors (Lipinski definition) is 1. The standard InChI is InChI=1S/C22H25N3O3S/c1-24(2)21-10-4-3-8-18(21)9-7-15-23-22(26)19-11-13-20(14-12-19)29(27,28)25-16-5-6-17-25/h3-4,8,10-14H,5-6,15-17H2,1-2H3,(H,23,26). The van der Waals surface area contributed by atoms with Crippen LogP contribution in [0.4, 0.5) is 5.69 Å². The molecule has 29 heavy (non-hydrogen) atoms. The highest BCUT2D eigenvalue weighted by Crippen LogP contribution is 2.21. The summed E-state index contributed by atoms with van der Waals surface area (Å²) in [5.74, 6) is 5.74. The van der Waals surface area contributed by atoms with Gasteiger partial charge in [0.05, 0.1) is 17.1 Å². The third-order valence-corrected chi connectivity index (χ3v) is 6.68. The summed E-state index contributed by atoms with van der Waals surface area (Å²) in [5.41, 5.74) is 2.31. The maximum absolute atomic E-state index is 12.5. The van der Waals surface area contributed by atoms with Gasteiger partial charge in [-0.3, -0.25) is 4.79 Å². The van der Waals surface area contributed by atoms with Crippen LogP contribution >= 0.6 is 0 Å². The maximum Gasteiger partial charge on any atom is 0.252 e. The van der Waals surface area contributed by atoms with Gasteiger partial charge < -0.3 is 10.2 Å². The van der Waals surface area contributed by atoms with E-state index >= 15 is 0 Å². The van der Waals surface area contributed by atoms with Gasteiger partial charge >= 0.3 is 0 Å². The van der Waals surface area contributed by atoms with E-state index in [0.29, 0.717) is 18.7 Å². The van der Waals surface area contributed by atoms with Crippen molar-refractivity contribution < 1.29 is 13.2 Å². The second-order valence-electron chi connectivity index (χ2n) is 7.03. The Morgan fingerprint density at radius 3 is 2.38 bits per heavy atom. The molecule has 1 aliphatic rings. The van der Waals surface area contributed by atoms with Gasteiger partial charge in [-0.2, -0.15) is 4.31 Å². The van der Waals surface area contributed by atoms with E-state index in [9.17, 15) is 13.2 Å². The molecule has 1 saturated heterocycles. The molecule has 7 heteroatoms. The van der Waals surface area contributed by atoms with Gasteiger partial charge in [0.15, 0.2) is 0 Å². The predicted molar refractivity (Wildman–Crippen MR) is 114 cm³/mol. The Morgan fingerprint density at radius 2 is 1.72 bits per heavy atom. The molecule has 6 nitrogen and oxygen atoms in total. The molecule has 0 unspecified atom stereocenters. The average Bonchev–Trinajstić information content (AvgIpc) is 3.27. The molecule has 1 heterocycles. The Kier molecular flexibility index (Phi) is 6.57. The van der Waals surface area contributed by atoms with Crippen molar-refractivity contribution in [3.63, 3.8) is 0 Å². The van der Waals surface area contributed by atoms with Crippen LogP contribution in [-0.4, -0.2) is 52.4 Å². The number of para-hydroxylation sites is 1. The summed E-state index contributed by atoms with van der Waals surface area (Å²) in [7, 11) is 0.440. The molecule has 0 saturated carbocycles. The Balaban J connectivity index is 1.61. The van der Waals surface area contributed by atoms with Crippen molar-refractivity contribution in [1.29, 1.82) is 0 Å². The van der Waals surface area contributed by atoms with Crippen LogP contribution in [0.5, 0.6) is 0 Å². The van der Waals surface area contributed by atoms with Crippen molar-refractivity contribution in [2.75, 3.05) is 38.6 Å². The minimum atomic E-state index is -3.47. The van der Waals surface area contributed by atoms with E-state index in [1.807, 2.05) is 43.3 Å². The van der Waals surface area contributed by atoms with Crippen molar-refractivity contribution in [2.24, 2.45) is 0 Å². The molecule has 0 atom stereocenters. The lowest BCUT2D eigenvalue weighted by atomic mass is 10.1. The summed E-state index contributed by atoms with van der Waals surface area (Å²) >= 11 is 0. The zero-order chi connectivity index (χ0) is 20.9. The largest absolute Gasteiger partial charge is 0.377 e. The van der Waals surface area contributed by atoms with Gasteiger partial charge in [0.1, 0.15) is 0 Å². The molecule has 2 aromatic carbocycles. The molecular formula is C22H25N3O3S. The molecule has 0 radical (unpaired) electrons. The lowest BCUT2D eigenvalue weighted by molar-refractivity contribution is 0.0958. The highest BCUT2D eigenvalue weighted by Gasteiger charge is 2.27. The smallest absolute Gasteiger partial charge is 0.252 e. The lowest BCUT2D eigenvalue weighted by Crippen LogP contribution is -2.28. The van der Waals surface area contributed by atoms with Crippen molar-refractivity contribution in [3.8, 4) is 11.8 Å². The average molecular weight is 412 g/mol. The molecule has 0 aliphatic carbocycles. The molecule has 3 rings (SSSR count). The zero-order valence-electron chi connectivity index (χ0n) is 16.7. The Morgan fingerprint density at radius 1 is 1.07 bits per heavy atom. The second kappa shape index (κ2) is 9.12. The number of anilines is 1. The van der Waals surface area contributed by atoms with Crippen LogP contribution in [0.1, 0.15) is 28.8 Å². The van der Waals surface area contributed by atoms with Gasteiger partial charge in [-0.1, -0.05) is 24.0 Å². The maximum atomic E-state index is 12.5. The van der Waals surface area contributed by atoms with Crippen LogP contribution in [0.25, 0.3) is 0 Å². The summed E-state index contributed by atoms with van der Waals surface area (Å²) in [4.78, 5) is 14.5. The Bertz CT molecular complexity index is 1030. The minimum absolute atomic E-state index is 0.203. The normalized spacial score (nSPS) is 14.1. The fraction of sp³-hybridized carbons (Fsp3) is 0.318. The first-order chi connectivity index (χ1) is 13.9. The van der Waals surface area contributed by atoms with Gasteiger partial charge in [0.2, 0.25) is 10.0 Å². The Hall–Kier alpha value is -2.82. The fourth-order valence-electron chi connectivity index (χ4n) is 3.19. The summed E-state index contributed by atoms with van der Waals surface area (Å²) < 4.78 is 26.6. The topological polar surface area (TPSA) is 69.7 Å².